The number of unbranched alkanes of at least 4 members (excludes halogenated alkanes) is 3. The third-order valence-corrected chi connectivity index (χ3v) is 7.22. The van der Waals surface area contributed by atoms with Crippen molar-refractivity contribution in [3.8, 4) is 5.75 Å². The second kappa shape index (κ2) is 14.6. The zero-order valence-corrected chi connectivity index (χ0v) is 21.9. The van der Waals surface area contributed by atoms with Crippen molar-refractivity contribution in [2.75, 3.05) is 13.2 Å². The predicted molar refractivity (Wildman–Crippen MR) is 140 cm³/mol. The Kier molecular flexibility index (Phi) is 11.5. The van der Waals surface area contributed by atoms with Crippen molar-refractivity contribution in [1.82, 2.24) is 0 Å². The molecule has 0 atom stereocenters. The molecule has 204 valence electrons. The third-order valence-electron chi connectivity index (χ3n) is 7.22. The second-order valence-corrected chi connectivity index (χ2v) is 10.0. The summed E-state index contributed by atoms with van der Waals surface area (Å²) in [5.41, 5.74) is 0.872. The molecule has 2 aromatic rings. The quantitative estimate of drug-likeness (QED) is 0.132. The van der Waals surface area contributed by atoms with Gasteiger partial charge in [-0.2, -0.15) is 0 Å². The minimum atomic E-state index is -3.29. The number of allylic oxidation sites excluding steroid dienone is 1. The van der Waals surface area contributed by atoms with Crippen LogP contribution in [-0.4, -0.2) is 19.3 Å². The van der Waals surface area contributed by atoms with Gasteiger partial charge in [0, 0.05) is 18.6 Å². The molecule has 1 aliphatic carbocycles. The summed E-state index contributed by atoms with van der Waals surface area (Å²) in [4.78, 5) is 0. The van der Waals surface area contributed by atoms with Crippen molar-refractivity contribution < 1.29 is 27.0 Å². The lowest BCUT2D eigenvalue weighted by Crippen LogP contribution is -2.21. The van der Waals surface area contributed by atoms with Crippen LogP contribution in [0.2, 0.25) is 0 Å². The molecule has 0 radical (unpaired) electrons. The minimum Gasteiger partial charge on any atom is -0.490 e. The van der Waals surface area contributed by atoms with Crippen LogP contribution >= 0.6 is 0 Å². The molecule has 37 heavy (non-hydrogen) atoms. The molecule has 0 aromatic heterocycles. The van der Waals surface area contributed by atoms with Gasteiger partial charge in [-0.05, 0) is 80.2 Å². The van der Waals surface area contributed by atoms with Crippen LogP contribution < -0.4 is 4.74 Å². The summed E-state index contributed by atoms with van der Waals surface area (Å²) >= 11 is 0. The molecule has 2 aromatic carbocycles. The van der Waals surface area contributed by atoms with Gasteiger partial charge < -0.3 is 9.47 Å². The van der Waals surface area contributed by atoms with E-state index in [9.17, 15) is 17.6 Å². The number of halogens is 4. The minimum absolute atomic E-state index is 0.0467. The highest BCUT2D eigenvalue weighted by atomic mass is 19.3. The molecule has 0 bridgehead atoms. The van der Waals surface area contributed by atoms with Crippen LogP contribution in [0.15, 0.2) is 49.1 Å². The van der Waals surface area contributed by atoms with Crippen LogP contribution in [0.5, 0.6) is 5.75 Å². The van der Waals surface area contributed by atoms with E-state index in [4.69, 9.17) is 9.47 Å². The normalized spacial score (nSPS) is 18.1. The number of hydrogen-bond acceptors (Lipinski definition) is 2. The van der Waals surface area contributed by atoms with Gasteiger partial charge in [-0.3, -0.25) is 0 Å². The zero-order chi connectivity index (χ0) is 26.7. The maximum absolute atomic E-state index is 14.7. The first-order chi connectivity index (χ1) is 17.8. The fraction of sp³-hybridized carbons (Fsp3) is 0.548. The summed E-state index contributed by atoms with van der Waals surface area (Å²) in [5.74, 6) is -4.28. The lowest BCUT2D eigenvalue weighted by atomic mass is 9.82. The molecular formula is C31H40F4O2. The summed E-state index contributed by atoms with van der Waals surface area (Å²) in [6.07, 6.45) is 10.8. The molecule has 0 N–H and O–H groups in total. The maximum Gasteiger partial charge on any atom is 0.276 e. The Morgan fingerprint density at radius 1 is 0.946 bits per heavy atom. The number of benzene rings is 2. The maximum atomic E-state index is 14.7. The average molecular weight is 521 g/mol. The molecule has 0 heterocycles. The molecule has 0 unspecified atom stereocenters. The zero-order valence-electron chi connectivity index (χ0n) is 21.9. The van der Waals surface area contributed by atoms with Gasteiger partial charge in [-0.15, -0.1) is 6.58 Å². The van der Waals surface area contributed by atoms with Crippen molar-refractivity contribution in [1.29, 1.82) is 0 Å². The van der Waals surface area contributed by atoms with Crippen molar-refractivity contribution >= 4 is 0 Å². The monoisotopic (exact) mass is 520 g/mol. The van der Waals surface area contributed by atoms with Gasteiger partial charge in [0.15, 0.2) is 11.6 Å². The molecular weight excluding hydrogens is 480 g/mol. The molecule has 1 aliphatic rings. The first-order valence-electron chi connectivity index (χ1n) is 13.7. The van der Waals surface area contributed by atoms with Crippen LogP contribution in [0, 0.1) is 11.6 Å². The van der Waals surface area contributed by atoms with E-state index in [-0.39, 0.29) is 24.4 Å². The Hall–Kier alpha value is -2.34. The van der Waals surface area contributed by atoms with E-state index in [1.165, 1.54) is 43.5 Å². The Labute approximate surface area is 219 Å². The van der Waals surface area contributed by atoms with E-state index in [2.05, 4.69) is 13.5 Å². The van der Waals surface area contributed by atoms with Gasteiger partial charge in [-0.25, -0.2) is 17.6 Å². The van der Waals surface area contributed by atoms with Crippen LogP contribution in [0.4, 0.5) is 17.6 Å². The third kappa shape index (κ3) is 8.87. The van der Waals surface area contributed by atoms with Crippen LogP contribution in [0.25, 0.3) is 0 Å². The molecule has 2 nitrogen and oxygen atoms in total. The predicted octanol–water partition coefficient (Wildman–Crippen LogP) is 9.27. The summed E-state index contributed by atoms with van der Waals surface area (Å²) in [6, 6.07) is 8.30. The molecule has 0 amide bonds. The summed E-state index contributed by atoms with van der Waals surface area (Å²) in [5, 5.41) is 0. The van der Waals surface area contributed by atoms with Gasteiger partial charge >= 0.3 is 0 Å². The largest absolute Gasteiger partial charge is 0.490 e. The standard InChI is InChI=1S/C31H40F4O2/c1-3-5-7-8-19-36-27-15-11-23(12-16-27)25-13-17-30(29(33)21-25)37-20-18-31(34,35)26-14-10-24(9-6-4-2)28(32)22-26/h4,10,13-14,17,21-23,27H,2-3,5-9,11-12,15-16,18-20H2,1H3. The van der Waals surface area contributed by atoms with Crippen molar-refractivity contribution in [3.05, 3.63) is 77.4 Å². The summed E-state index contributed by atoms with van der Waals surface area (Å²) in [6.45, 7) is 6.20. The smallest absolute Gasteiger partial charge is 0.276 e. The highest BCUT2D eigenvalue weighted by Gasteiger charge is 2.32. The first-order valence-corrected chi connectivity index (χ1v) is 13.7. The van der Waals surface area contributed by atoms with E-state index in [1.54, 1.807) is 6.08 Å². The molecule has 6 heteroatoms. The lowest BCUT2D eigenvalue weighted by molar-refractivity contribution is -0.0248. The summed E-state index contributed by atoms with van der Waals surface area (Å²) < 4.78 is 69.5. The van der Waals surface area contributed by atoms with Crippen molar-refractivity contribution in [2.24, 2.45) is 0 Å². The molecule has 3 rings (SSSR count). The number of hydrogen-bond donors (Lipinski definition) is 0. The van der Waals surface area contributed by atoms with Gasteiger partial charge in [0.2, 0.25) is 0 Å². The van der Waals surface area contributed by atoms with E-state index in [0.29, 0.717) is 18.4 Å². The van der Waals surface area contributed by atoms with E-state index in [1.807, 2.05) is 6.07 Å². The highest BCUT2D eigenvalue weighted by molar-refractivity contribution is 5.32. The highest BCUT2D eigenvalue weighted by Crippen LogP contribution is 2.36. The Morgan fingerprint density at radius 2 is 1.73 bits per heavy atom. The SMILES string of the molecule is C=CCCc1ccc(C(F)(F)CCOc2ccc(C3CCC(OCCCCCC)CC3)cc2F)cc1F. The molecule has 1 fully saturated rings. The van der Waals surface area contributed by atoms with E-state index >= 15 is 0 Å². The van der Waals surface area contributed by atoms with Crippen molar-refractivity contribution in [3.63, 3.8) is 0 Å². The van der Waals surface area contributed by atoms with Crippen LogP contribution in [0.3, 0.4) is 0 Å². The average Bonchev–Trinajstić information content (AvgIpc) is 2.89. The fourth-order valence-electron chi connectivity index (χ4n) is 4.90. The van der Waals surface area contributed by atoms with Crippen molar-refractivity contribution in [2.45, 2.75) is 95.5 Å². The number of ether oxygens (including phenoxy) is 2. The first kappa shape index (κ1) is 29.2. The van der Waals surface area contributed by atoms with E-state index in [0.717, 1.165) is 50.3 Å². The molecule has 0 saturated heterocycles. The fourth-order valence-corrected chi connectivity index (χ4v) is 4.90. The number of rotatable bonds is 15. The Bertz CT molecular complexity index is 983. The van der Waals surface area contributed by atoms with Gasteiger partial charge in [0.05, 0.1) is 12.7 Å². The number of aryl methyl sites for hydroxylation is 1. The molecule has 1 saturated carbocycles. The second-order valence-electron chi connectivity index (χ2n) is 10.0. The van der Waals surface area contributed by atoms with Gasteiger partial charge in [-0.1, -0.05) is 50.5 Å². The number of alkyl halides is 2. The van der Waals surface area contributed by atoms with Gasteiger partial charge in [0.25, 0.3) is 5.92 Å². The Balaban J connectivity index is 1.46. The van der Waals surface area contributed by atoms with Crippen LogP contribution in [-0.2, 0) is 17.1 Å². The Morgan fingerprint density at radius 3 is 2.41 bits per heavy atom. The molecule has 0 aliphatic heterocycles. The van der Waals surface area contributed by atoms with Crippen LogP contribution in [0.1, 0.15) is 93.7 Å². The summed E-state index contributed by atoms with van der Waals surface area (Å²) in [7, 11) is 0. The topological polar surface area (TPSA) is 18.5 Å². The molecule has 0 spiro atoms. The van der Waals surface area contributed by atoms with Gasteiger partial charge in [0.1, 0.15) is 5.82 Å². The lowest BCUT2D eigenvalue weighted by Gasteiger charge is -2.29. The van der Waals surface area contributed by atoms with E-state index < -0.39 is 29.5 Å².